The van der Waals surface area contributed by atoms with Crippen LogP contribution in [0.3, 0.4) is 0 Å². The van der Waals surface area contributed by atoms with Crippen LogP contribution in [0, 0.1) is 0 Å². The predicted octanol–water partition coefficient (Wildman–Crippen LogP) is 2.59. The number of nitrogens with zero attached hydrogens (tertiary/aromatic N) is 1. The summed E-state index contributed by atoms with van der Waals surface area (Å²) in [5, 5.41) is 3.53. The molecule has 3 aliphatic rings. The molecule has 0 bridgehead atoms. The zero-order valence-corrected chi connectivity index (χ0v) is 13.8. The minimum Gasteiger partial charge on any atom is -0.384 e. The number of hydrazine groups is 1. The molecule has 24 heavy (non-hydrogen) atoms. The number of rotatable bonds is 4. The van der Waals surface area contributed by atoms with Gasteiger partial charge >= 0.3 is 0 Å². The van der Waals surface area contributed by atoms with Crippen molar-refractivity contribution in [1.82, 2.24) is 10.3 Å². The lowest BCUT2D eigenvalue weighted by molar-refractivity contribution is 0.0398. The van der Waals surface area contributed by atoms with Crippen molar-refractivity contribution in [3.05, 3.63) is 53.8 Å². The number of nitrogens with one attached hydrogen (secondary N) is 3. The summed E-state index contributed by atoms with van der Waals surface area (Å²) in [6.07, 6.45) is 9.47. The molecule has 3 N–H and O–H groups in total. The molecule has 0 saturated carbocycles. The summed E-state index contributed by atoms with van der Waals surface area (Å²) < 4.78 is 5.39. The Morgan fingerprint density at radius 3 is 2.96 bits per heavy atom. The minimum absolute atomic E-state index is 0.855. The van der Waals surface area contributed by atoms with Gasteiger partial charge in [0.2, 0.25) is 0 Å². The Hall–Kier alpha value is -2.24. The monoisotopic (exact) mass is 324 g/mol. The van der Waals surface area contributed by atoms with E-state index >= 15 is 0 Å². The van der Waals surface area contributed by atoms with Crippen LogP contribution in [0.4, 0.5) is 11.4 Å². The third-order valence-electron chi connectivity index (χ3n) is 4.68. The first-order chi connectivity index (χ1) is 11.9. The van der Waals surface area contributed by atoms with Crippen molar-refractivity contribution in [2.45, 2.75) is 6.42 Å². The van der Waals surface area contributed by atoms with Gasteiger partial charge in [-0.2, -0.15) is 0 Å². The third-order valence-corrected chi connectivity index (χ3v) is 4.68. The highest BCUT2D eigenvalue weighted by Crippen LogP contribution is 2.34. The van der Waals surface area contributed by atoms with Gasteiger partial charge in [0.15, 0.2) is 0 Å². The Kier molecular flexibility index (Phi) is 4.53. The molecule has 4 rings (SSSR count). The lowest BCUT2D eigenvalue weighted by Crippen LogP contribution is -2.39. The molecule has 1 fully saturated rings. The average molecular weight is 324 g/mol. The fourth-order valence-corrected chi connectivity index (χ4v) is 3.32. The van der Waals surface area contributed by atoms with E-state index in [4.69, 9.17) is 4.74 Å². The van der Waals surface area contributed by atoms with Crippen molar-refractivity contribution in [2.24, 2.45) is 0 Å². The fraction of sp³-hybridized carbons (Fsp3) is 0.368. The number of allylic oxidation sites excluding steroid dienone is 5. The number of ether oxygens (including phenoxy) is 1. The summed E-state index contributed by atoms with van der Waals surface area (Å²) >= 11 is 0. The second-order valence-corrected chi connectivity index (χ2v) is 6.27. The highest BCUT2D eigenvalue weighted by atomic mass is 16.5. The minimum atomic E-state index is 0.855. The zero-order valence-electron chi connectivity index (χ0n) is 13.8. The van der Waals surface area contributed by atoms with Crippen molar-refractivity contribution in [1.29, 1.82) is 0 Å². The van der Waals surface area contributed by atoms with E-state index in [1.807, 2.05) is 0 Å². The molecule has 5 nitrogen and oxygen atoms in total. The summed E-state index contributed by atoms with van der Waals surface area (Å²) in [5.74, 6) is 0. The largest absolute Gasteiger partial charge is 0.384 e. The Labute approximate surface area is 143 Å². The van der Waals surface area contributed by atoms with E-state index in [1.54, 1.807) is 0 Å². The van der Waals surface area contributed by atoms with E-state index in [1.165, 1.54) is 16.8 Å². The number of benzene rings is 1. The molecule has 0 aromatic heterocycles. The van der Waals surface area contributed by atoms with Crippen LogP contribution in [-0.4, -0.2) is 44.3 Å². The van der Waals surface area contributed by atoms with Crippen LogP contribution in [0.15, 0.2) is 48.2 Å². The van der Waals surface area contributed by atoms with Crippen molar-refractivity contribution in [2.75, 3.05) is 50.1 Å². The van der Waals surface area contributed by atoms with Gasteiger partial charge in [-0.1, -0.05) is 30.4 Å². The highest BCUT2D eigenvalue weighted by Gasteiger charge is 2.17. The number of anilines is 2. The maximum atomic E-state index is 5.39. The molecule has 0 amide bonds. The molecule has 0 spiro atoms. The molecular formula is C19H24N4O. The molecule has 2 aliphatic heterocycles. The topological polar surface area (TPSA) is 48.6 Å². The van der Waals surface area contributed by atoms with Gasteiger partial charge in [-0.25, -0.2) is 0 Å². The first-order valence-corrected chi connectivity index (χ1v) is 8.67. The normalized spacial score (nSPS) is 19.8. The maximum absolute atomic E-state index is 5.39. The van der Waals surface area contributed by atoms with E-state index in [0.29, 0.717) is 0 Å². The Bertz CT molecular complexity index is 687. The number of hydrogen-bond donors (Lipinski definition) is 3. The van der Waals surface area contributed by atoms with Crippen LogP contribution in [-0.2, 0) is 4.74 Å². The Morgan fingerprint density at radius 2 is 2.04 bits per heavy atom. The summed E-state index contributed by atoms with van der Waals surface area (Å²) in [6, 6.07) is 6.55. The van der Waals surface area contributed by atoms with Gasteiger partial charge in [-0.05, 0) is 12.1 Å². The van der Waals surface area contributed by atoms with Crippen molar-refractivity contribution < 1.29 is 4.74 Å². The third kappa shape index (κ3) is 3.32. The van der Waals surface area contributed by atoms with E-state index in [0.717, 1.165) is 57.2 Å². The van der Waals surface area contributed by atoms with Crippen LogP contribution in [0.5, 0.6) is 0 Å². The molecule has 0 unspecified atom stereocenters. The van der Waals surface area contributed by atoms with Crippen LogP contribution in [0.25, 0.3) is 5.57 Å². The maximum Gasteiger partial charge on any atom is 0.0639 e. The van der Waals surface area contributed by atoms with Crippen LogP contribution in [0.1, 0.15) is 12.0 Å². The molecule has 1 aliphatic carbocycles. The second kappa shape index (κ2) is 7.11. The molecule has 5 heteroatoms. The van der Waals surface area contributed by atoms with Gasteiger partial charge in [0.05, 0.1) is 18.9 Å². The fourth-order valence-electron chi connectivity index (χ4n) is 3.32. The second-order valence-electron chi connectivity index (χ2n) is 6.27. The van der Waals surface area contributed by atoms with Gasteiger partial charge < -0.3 is 20.9 Å². The van der Waals surface area contributed by atoms with Crippen molar-refractivity contribution in [3.8, 4) is 0 Å². The van der Waals surface area contributed by atoms with Crippen molar-refractivity contribution >= 4 is 16.9 Å². The Morgan fingerprint density at radius 1 is 1.12 bits per heavy atom. The zero-order chi connectivity index (χ0) is 16.2. The van der Waals surface area contributed by atoms with E-state index in [9.17, 15) is 0 Å². The number of morpholine rings is 1. The van der Waals surface area contributed by atoms with Gasteiger partial charge in [-0.3, -0.25) is 4.90 Å². The predicted molar refractivity (Wildman–Crippen MR) is 98.8 cm³/mol. The molecular weight excluding hydrogens is 300 g/mol. The molecule has 1 aromatic rings. The van der Waals surface area contributed by atoms with E-state index in [-0.39, 0.29) is 0 Å². The molecule has 1 aromatic carbocycles. The molecule has 1 saturated heterocycles. The first-order valence-electron chi connectivity index (χ1n) is 8.67. The Balaban J connectivity index is 1.42. The van der Waals surface area contributed by atoms with Crippen molar-refractivity contribution in [3.63, 3.8) is 0 Å². The number of hydrogen-bond acceptors (Lipinski definition) is 5. The van der Waals surface area contributed by atoms with Gasteiger partial charge in [0, 0.05) is 55.1 Å². The molecule has 2 heterocycles. The smallest absolute Gasteiger partial charge is 0.0639 e. The lowest BCUT2D eigenvalue weighted by atomic mass is 9.98. The summed E-state index contributed by atoms with van der Waals surface area (Å²) in [4.78, 5) is 2.44. The van der Waals surface area contributed by atoms with Crippen LogP contribution < -0.4 is 16.2 Å². The number of fused-ring (bicyclic) bond motifs is 2. The van der Waals surface area contributed by atoms with Gasteiger partial charge in [0.1, 0.15) is 0 Å². The molecule has 0 radical (unpaired) electrons. The SMILES string of the molecule is C1=CCC2=C(C=C1)c1ccc(NCCN3CCOCC3)cc1NN2. The first kappa shape index (κ1) is 15.3. The highest BCUT2D eigenvalue weighted by molar-refractivity contribution is 5.87. The quantitative estimate of drug-likeness (QED) is 0.795. The average Bonchev–Trinajstić information content (AvgIpc) is 2.88. The molecule has 126 valence electrons. The lowest BCUT2D eigenvalue weighted by Gasteiger charge is -2.27. The van der Waals surface area contributed by atoms with E-state index in [2.05, 4.69) is 63.6 Å². The van der Waals surface area contributed by atoms with Gasteiger partial charge in [0.25, 0.3) is 0 Å². The van der Waals surface area contributed by atoms with E-state index < -0.39 is 0 Å². The van der Waals surface area contributed by atoms with Crippen LogP contribution >= 0.6 is 0 Å². The van der Waals surface area contributed by atoms with Crippen LogP contribution in [0.2, 0.25) is 0 Å². The summed E-state index contributed by atoms with van der Waals surface area (Å²) in [7, 11) is 0. The van der Waals surface area contributed by atoms with Gasteiger partial charge in [-0.15, -0.1) is 0 Å². The molecule has 0 atom stereocenters. The summed E-state index contributed by atoms with van der Waals surface area (Å²) in [5.41, 5.74) is 12.7. The summed E-state index contributed by atoms with van der Waals surface area (Å²) in [6.45, 7) is 5.78. The standard InChI is InChI=1S/C19H24N4O/c1-2-4-16-17-7-6-15(14-19(17)22-21-18(16)5-3-1)20-8-9-23-10-12-24-13-11-23/h1-4,6-7,14,20-22H,5,8-13H2.